The molecule has 1 aromatic heterocycles. The lowest BCUT2D eigenvalue weighted by Crippen LogP contribution is -2.19. The van der Waals surface area contributed by atoms with E-state index < -0.39 is 0 Å². The second-order valence-corrected chi connectivity index (χ2v) is 4.35. The zero-order valence-corrected chi connectivity index (χ0v) is 10.2. The molecule has 1 aromatic rings. The van der Waals surface area contributed by atoms with E-state index in [1.54, 1.807) is 7.11 Å². The summed E-state index contributed by atoms with van der Waals surface area (Å²) in [6, 6.07) is 0.244. The van der Waals surface area contributed by atoms with E-state index in [9.17, 15) is 4.39 Å². The Morgan fingerprint density at radius 2 is 2.29 bits per heavy atom. The number of rotatable bonds is 4. The van der Waals surface area contributed by atoms with Gasteiger partial charge in [-0.15, -0.1) is 0 Å². The van der Waals surface area contributed by atoms with Gasteiger partial charge in [0.05, 0.1) is 11.8 Å². The van der Waals surface area contributed by atoms with Crippen molar-refractivity contribution >= 4 is 5.82 Å². The van der Waals surface area contributed by atoms with Crippen LogP contribution in [0.5, 0.6) is 0 Å². The predicted molar refractivity (Wildman–Crippen MR) is 63.4 cm³/mol. The van der Waals surface area contributed by atoms with Gasteiger partial charge in [0.25, 0.3) is 0 Å². The van der Waals surface area contributed by atoms with Crippen molar-refractivity contribution in [2.75, 3.05) is 12.4 Å². The first-order valence-corrected chi connectivity index (χ1v) is 6.03. The fraction of sp³-hybridized carbons (Fsp3) is 0.667. The fourth-order valence-electron chi connectivity index (χ4n) is 2.23. The highest BCUT2D eigenvalue weighted by Crippen LogP contribution is 2.25. The van der Waals surface area contributed by atoms with Crippen LogP contribution in [0.4, 0.5) is 10.2 Å². The van der Waals surface area contributed by atoms with Crippen LogP contribution in [0.25, 0.3) is 0 Å². The van der Waals surface area contributed by atoms with Gasteiger partial charge in [-0.1, -0.05) is 6.92 Å². The van der Waals surface area contributed by atoms with E-state index in [1.165, 1.54) is 6.33 Å². The van der Waals surface area contributed by atoms with E-state index in [2.05, 4.69) is 15.3 Å². The molecule has 0 amide bonds. The van der Waals surface area contributed by atoms with E-state index in [0.29, 0.717) is 17.9 Å². The van der Waals surface area contributed by atoms with E-state index in [1.807, 2.05) is 6.92 Å². The van der Waals surface area contributed by atoms with Gasteiger partial charge in [0.2, 0.25) is 0 Å². The van der Waals surface area contributed by atoms with Gasteiger partial charge in [0, 0.05) is 13.2 Å². The molecule has 0 aliphatic heterocycles. The van der Waals surface area contributed by atoms with Crippen LogP contribution in [0.1, 0.15) is 31.9 Å². The van der Waals surface area contributed by atoms with Crippen LogP contribution in [0.3, 0.4) is 0 Å². The number of aromatic nitrogens is 2. The molecule has 1 aliphatic rings. The molecule has 1 N–H and O–H groups in total. The van der Waals surface area contributed by atoms with Gasteiger partial charge in [-0.05, 0) is 25.7 Å². The summed E-state index contributed by atoms with van der Waals surface area (Å²) < 4.78 is 19.2. The number of hydrogen-bond acceptors (Lipinski definition) is 4. The summed E-state index contributed by atoms with van der Waals surface area (Å²) >= 11 is 0. The summed E-state index contributed by atoms with van der Waals surface area (Å²) in [5.74, 6) is -0.00512. The van der Waals surface area contributed by atoms with Crippen LogP contribution in [-0.2, 0) is 11.2 Å². The third kappa shape index (κ3) is 2.72. The Bertz CT molecular complexity index is 386. The Labute approximate surface area is 101 Å². The molecule has 17 heavy (non-hydrogen) atoms. The summed E-state index contributed by atoms with van der Waals surface area (Å²) in [5, 5.41) is 3.14. The molecule has 1 aliphatic carbocycles. The molecular formula is C12H18FN3O. The standard InChI is InChI=1S/C12H18FN3O/c1-3-10-11(13)12(15-7-14-10)16-8-4-5-9(6-8)17-2/h7-9H,3-6H2,1-2H3,(H,14,15,16). The maximum Gasteiger partial charge on any atom is 0.186 e. The van der Waals surface area contributed by atoms with Crippen molar-refractivity contribution in [2.45, 2.75) is 44.8 Å². The molecule has 4 nitrogen and oxygen atoms in total. The van der Waals surface area contributed by atoms with E-state index in [4.69, 9.17) is 4.74 Å². The molecule has 2 rings (SSSR count). The average Bonchev–Trinajstić information content (AvgIpc) is 2.79. The first-order chi connectivity index (χ1) is 8.24. The van der Waals surface area contributed by atoms with Crippen LogP contribution in [0, 0.1) is 5.82 Å². The molecule has 0 radical (unpaired) electrons. The third-order valence-corrected chi connectivity index (χ3v) is 3.26. The highest BCUT2D eigenvalue weighted by atomic mass is 19.1. The highest BCUT2D eigenvalue weighted by Gasteiger charge is 2.25. The van der Waals surface area contributed by atoms with Crippen molar-refractivity contribution in [1.29, 1.82) is 0 Å². The quantitative estimate of drug-likeness (QED) is 0.874. The van der Waals surface area contributed by atoms with E-state index in [-0.39, 0.29) is 18.0 Å². The van der Waals surface area contributed by atoms with Gasteiger partial charge in [-0.3, -0.25) is 0 Å². The van der Waals surface area contributed by atoms with Crippen LogP contribution >= 0.6 is 0 Å². The number of hydrogen-bond donors (Lipinski definition) is 1. The summed E-state index contributed by atoms with van der Waals surface area (Å²) in [5.41, 5.74) is 0.462. The molecule has 1 heterocycles. The van der Waals surface area contributed by atoms with Gasteiger partial charge in [-0.25, -0.2) is 14.4 Å². The van der Waals surface area contributed by atoms with Gasteiger partial charge < -0.3 is 10.1 Å². The molecule has 2 unspecified atom stereocenters. The number of anilines is 1. The Morgan fingerprint density at radius 1 is 1.47 bits per heavy atom. The van der Waals surface area contributed by atoms with Crippen molar-refractivity contribution in [2.24, 2.45) is 0 Å². The van der Waals surface area contributed by atoms with Crippen LogP contribution < -0.4 is 5.32 Å². The fourth-order valence-corrected chi connectivity index (χ4v) is 2.23. The van der Waals surface area contributed by atoms with Gasteiger partial charge >= 0.3 is 0 Å². The molecule has 1 fully saturated rings. The zero-order chi connectivity index (χ0) is 12.3. The number of aryl methyl sites for hydroxylation is 1. The molecule has 0 bridgehead atoms. The third-order valence-electron chi connectivity index (χ3n) is 3.26. The number of ether oxygens (including phenoxy) is 1. The minimum atomic E-state index is -0.323. The van der Waals surface area contributed by atoms with Crippen molar-refractivity contribution < 1.29 is 9.13 Å². The van der Waals surface area contributed by atoms with Gasteiger partial charge in [0.1, 0.15) is 6.33 Å². The minimum absolute atomic E-state index is 0.244. The summed E-state index contributed by atoms with van der Waals surface area (Å²) in [6.45, 7) is 1.88. The second-order valence-electron chi connectivity index (χ2n) is 4.35. The number of nitrogens with one attached hydrogen (secondary N) is 1. The van der Waals surface area contributed by atoms with Crippen molar-refractivity contribution in [3.05, 3.63) is 17.8 Å². The van der Waals surface area contributed by atoms with Crippen LogP contribution in [0.15, 0.2) is 6.33 Å². The zero-order valence-electron chi connectivity index (χ0n) is 10.2. The largest absolute Gasteiger partial charge is 0.381 e. The monoisotopic (exact) mass is 239 g/mol. The molecule has 0 spiro atoms. The Hall–Kier alpha value is -1.23. The Kier molecular flexibility index (Phi) is 3.89. The lowest BCUT2D eigenvalue weighted by atomic mass is 10.2. The lowest BCUT2D eigenvalue weighted by Gasteiger charge is -2.14. The minimum Gasteiger partial charge on any atom is -0.381 e. The van der Waals surface area contributed by atoms with Crippen LogP contribution in [-0.4, -0.2) is 29.2 Å². The number of methoxy groups -OCH3 is 1. The first-order valence-electron chi connectivity index (χ1n) is 6.03. The number of nitrogens with zero attached hydrogens (tertiary/aromatic N) is 2. The predicted octanol–water partition coefficient (Wildman–Crippen LogP) is 2.16. The van der Waals surface area contributed by atoms with Gasteiger partial charge in [0.15, 0.2) is 11.6 Å². The molecule has 0 aromatic carbocycles. The molecule has 0 saturated heterocycles. The summed E-state index contributed by atoms with van der Waals surface area (Å²) in [6.07, 6.45) is 5.18. The van der Waals surface area contributed by atoms with E-state index >= 15 is 0 Å². The van der Waals surface area contributed by atoms with Crippen molar-refractivity contribution in [1.82, 2.24) is 9.97 Å². The molecule has 1 saturated carbocycles. The molecular weight excluding hydrogens is 221 g/mol. The SMILES string of the molecule is CCc1ncnc(NC2CCC(OC)C2)c1F. The smallest absolute Gasteiger partial charge is 0.186 e. The second kappa shape index (κ2) is 5.40. The van der Waals surface area contributed by atoms with Crippen LogP contribution in [0.2, 0.25) is 0 Å². The van der Waals surface area contributed by atoms with Crippen molar-refractivity contribution in [3.63, 3.8) is 0 Å². The maximum absolute atomic E-state index is 13.9. The normalized spacial score (nSPS) is 23.9. The Morgan fingerprint density at radius 3 is 2.94 bits per heavy atom. The summed E-state index contributed by atoms with van der Waals surface area (Å²) in [4.78, 5) is 7.88. The molecule has 94 valence electrons. The first kappa shape index (κ1) is 12.2. The molecule has 2 atom stereocenters. The summed E-state index contributed by atoms with van der Waals surface area (Å²) in [7, 11) is 1.72. The van der Waals surface area contributed by atoms with E-state index in [0.717, 1.165) is 19.3 Å². The maximum atomic E-state index is 13.9. The topological polar surface area (TPSA) is 47.0 Å². The van der Waals surface area contributed by atoms with Gasteiger partial charge in [-0.2, -0.15) is 0 Å². The lowest BCUT2D eigenvalue weighted by molar-refractivity contribution is 0.108. The number of halogens is 1. The average molecular weight is 239 g/mol. The highest BCUT2D eigenvalue weighted by molar-refractivity contribution is 5.38. The molecule has 5 heteroatoms. The Balaban J connectivity index is 2.04. The van der Waals surface area contributed by atoms with Crippen molar-refractivity contribution in [3.8, 4) is 0 Å².